The van der Waals surface area contributed by atoms with Gasteiger partial charge in [0, 0.05) is 42.2 Å². The minimum Gasteiger partial charge on any atom is -0.475 e. The molecule has 0 radical (unpaired) electrons. The van der Waals surface area contributed by atoms with Gasteiger partial charge in [-0.3, -0.25) is 14.4 Å². The summed E-state index contributed by atoms with van der Waals surface area (Å²) in [5.74, 6) is -3.04. The summed E-state index contributed by atoms with van der Waals surface area (Å²) in [5, 5.41) is 41.4. The number of aliphatic carboxylic acids is 1. The fourth-order valence-electron chi connectivity index (χ4n) is 6.46. The third-order valence-corrected chi connectivity index (χ3v) is 9.65. The smallest absolute Gasteiger partial charge is 0.475 e. The van der Waals surface area contributed by atoms with Gasteiger partial charge in [-0.05, 0) is 129 Å². The Kier molecular flexibility index (Phi) is 16.4. The molecule has 16 nitrogen and oxygen atoms in total. The molecule has 0 bridgehead atoms. The fourth-order valence-corrected chi connectivity index (χ4v) is 6.46. The Bertz CT molecular complexity index is 2020. The monoisotopic (exact) mass is 823 g/mol. The van der Waals surface area contributed by atoms with Crippen molar-refractivity contribution in [2.45, 2.75) is 57.7 Å². The molecule has 4 amide bonds. The van der Waals surface area contributed by atoms with Crippen molar-refractivity contribution in [2.75, 3.05) is 39.0 Å². The summed E-state index contributed by atoms with van der Waals surface area (Å²) in [7, 11) is 4.01. The van der Waals surface area contributed by atoms with E-state index in [9.17, 15) is 32.3 Å². The first-order chi connectivity index (χ1) is 28.0. The molecule has 1 aliphatic rings. The molecule has 316 valence electrons. The van der Waals surface area contributed by atoms with Crippen LogP contribution in [0.3, 0.4) is 0 Å². The number of aromatic amines is 1. The Balaban J connectivity index is 0.00000101. The van der Waals surface area contributed by atoms with Crippen LogP contribution in [0.4, 0.5) is 23.7 Å². The molecule has 5 rings (SSSR count). The van der Waals surface area contributed by atoms with Gasteiger partial charge in [0.05, 0.1) is 0 Å². The van der Waals surface area contributed by atoms with Gasteiger partial charge < -0.3 is 36.4 Å². The highest BCUT2D eigenvalue weighted by Gasteiger charge is 2.38. The van der Waals surface area contributed by atoms with E-state index in [1.807, 2.05) is 63.5 Å². The molecule has 4 aromatic rings. The van der Waals surface area contributed by atoms with Crippen LogP contribution in [0, 0.1) is 18.8 Å². The summed E-state index contributed by atoms with van der Waals surface area (Å²) in [6.07, 6.45) is -2.30. The van der Waals surface area contributed by atoms with Gasteiger partial charge in [-0.2, -0.15) is 18.4 Å². The molecular formula is C40H48F3N9O7. The van der Waals surface area contributed by atoms with Crippen molar-refractivity contribution in [2.24, 2.45) is 11.8 Å². The molecular weight excluding hydrogens is 775 g/mol. The van der Waals surface area contributed by atoms with E-state index in [1.54, 1.807) is 24.3 Å². The lowest BCUT2D eigenvalue weighted by Crippen LogP contribution is -2.48. The number of alkyl halides is 3. The topological polar surface area (TPSA) is 232 Å². The van der Waals surface area contributed by atoms with Gasteiger partial charge in [0.15, 0.2) is 0 Å². The first-order valence-corrected chi connectivity index (χ1v) is 18.8. The molecule has 0 unspecified atom stereocenters. The molecule has 7 N–H and O–H groups in total. The average molecular weight is 824 g/mol. The predicted octanol–water partition coefficient (Wildman–Crippen LogP) is 4.90. The Morgan fingerprint density at radius 2 is 1.54 bits per heavy atom. The largest absolute Gasteiger partial charge is 0.490 e. The van der Waals surface area contributed by atoms with Crippen molar-refractivity contribution in [1.82, 2.24) is 41.5 Å². The van der Waals surface area contributed by atoms with Crippen LogP contribution in [-0.2, 0) is 20.8 Å². The third-order valence-electron chi connectivity index (χ3n) is 9.65. The second-order valence-electron chi connectivity index (χ2n) is 14.4. The number of hydrogen-bond acceptors (Lipinski definition) is 9. The zero-order valence-corrected chi connectivity index (χ0v) is 32.8. The number of rotatable bonds is 15. The number of nitrogens with zero attached hydrogens (tertiary/aromatic N) is 4. The predicted molar refractivity (Wildman–Crippen MR) is 211 cm³/mol. The maximum atomic E-state index is 13.7. The molecule has 0 saturated heterocycles. The Hall–Kier alpha value is -6.37. The van der Waals surface area contributed by atoms with Crippen LogP contribution in [0.1, 0.15) is 53.6 Å². The summed E-state index contributed by atoms with van der Waals surface area (Å²) >= 11 is 0. The zero-order valence-electron chi connectivity index (χ0n) is 32.8. The van der Waals surface area contributed by atoms with E-state index >= 15 is 0 Å². The minimum atomic E-state index is -5.08. The number of aryl methyl sites for hydroxylation is 1. The maximum absolute atomic E-state index is 13.7. The van der Waals surface area contributed by atoms with Gasteiger partial charge in [-0.15, -0.1) is 10.2 Å². The number of tetrazole rings is 1. The molecule has 1 aliphatic carbocycles. The van der Waals surface area contributed by atoms with E-state index in [1.165, 1.54) is 0 Å². The highest BCUT2D eigenvalue weighted by Crippen LogP contribution is 2.29. The van der Waals surface area contributed by atoms with Gasteiger partial charge in [-0.25, -0.2) is 9.59 Å². The molecule has 3 aromatic carbocycles. The lowest BCUT2D eigenvalue weighted by molar-refractivity contribution is -0.192. The second kappa shape index (κ2) is 21.4. The molecule has 0 aliphatic heterocycles. The quantitative estimate of drug-likeness (QED) is 0.0798. The van der Waals surface area contributed by atoms with Crippen LogP contribution >= 0.6 is 0 Å². The number of amides is 4. The number of halogens is 3. The molecule has 0 spiro atoms. The Labute approximate surface area is 338 Å². The normalized spacial score (nSPS) is 15.6. The third kappa shape index (κ3) is 14.5. The van der Waals surface area contributed by atoms with Crippen molar-refractivity contribution >= 4 is 35.5 Å². The van der Waals surface area contributed by atoms with Crippen LogP contribution in [0.5, 0.6) is 0 Å². The van der Waals surface area contributed by atoms with Crippen LogP contribution in [-0.4, -0.2) is 111 Å². The number of H-pyrrole nitrogens is 1. The number of anilines is 1. The lowest BCUT2D eigenvalue weighted by Gasteiger charge is -2.29. The van der Waals surface area contributed by atoms with E-state index in [-0.39, 0.29) is 36.0 Å². The number of carbonyl (C=O) groups is 5. The highest BCUT2D eigenvalue weighted by atomic mass is 19.4. The SMILES string of the molecule is Cc1cc(C(=O)NCCCN(C)C)ccc1-c1ccc(C[C@H](NC(=O)[C@H]2CC[C@H](CNC(=O)O)CC2)C(=O)Nc2ccc(-c3nn[nH]n3)cc2)cc1.O=C(O)C(F)(F)F. The van der Waals surface area contributed by atoms with E-state index in [4.69, 9.17) is 15.0 Å². The first-order valence-electron chi connectivity index (χ1n) is 18.8. The Morgan fingerprint density at radius 1 is 0.898 bits per heavy atom. The molecule has 1 atom stereocenters. The highest BCUT2D eigenvalue weighted by molar-refractivity contribution is 5.98. The molecule has 1 fully saturated rings. The van der Waals surface area contributed by atoms with Gasteiger partial charge in [0.2, 0.25) is 17.6 Å². The molecule has 1 aromatic heterocycles. The number of hydrogen-bond donors (Lipinski definition) is 7. The van der Waals surface area contributed by atoms with Gasteiger partial charge in [0.1, 0.15) is 6.04 Å². The standard InChI is InChI=1S/C38H47N9O5.C2HF3O2/c1-24-21-30(35(48)39-19-4-20-47(2)3)15-18-32(24)27-9-5-25(6-10-27)22-33(42-36(49)29-11-7-26(8-12-29)23-40-38(51)52)37(50)41-31-16-13-28(14-17-31)34-43-45-46-44-34;3-2(4,5)1(6)7/h5-6,9-10,13-18,21,26,29,33,40H,4,7-8,11-12,19-20,22-23H2,1-3H3,(H,39,48)(H,41,50)(H,42,49)(H,51,52)(H,43,44,45,46);(H,6,7)/t26-,29-,33-;/m0./s1. The fraction of sp³-hybridized carbons (Fsp3) is 0.400. The van der Waals surface area contributed by atoms with Gasteiger partial charge >= 0.3 is 18.2 Å². The first kappa shape index (κ1) is 45.3. The molecule has 1 saturated carbocycles. The molecule has 1 heterocycles. The summed E-state index contributed by atoms with van der Waals surface area (Å²) in [6, 6.07) is 19.7. The van der Waals surface area contributed by atoms with Crippen molar-refractivity contribution in [3.05, 3.63) is 83.4 Å². The van der Waals surface area contributed by atoms with E-state index in [0.29, 0.717) is 43.0 Å². The van der Waals surface area contributed by atoms with Crippen LogP contribution in [0.2, 0.25) is 0 Å². The van der Waals surface area contributed by atoms with E-state index < -0.39 is 24.3 Å². The average Bonchev–Trinajstić information content (AvgIpc) is 3.74. The minimum absolute atomic E-state index is 0.0960. The number of carboxylic acids is 1. The van der Waals surface area contributed by atoms with Crippen LogP contribution < -0.4 is 21.3 Å². The lowest BCUT2D eigenvalue weighted by atomic mass is 9.81. The maximum Gasteiger partial charge on any atom is 0.490 e. The summed E-state index contributed by atoms with van der Waals surface area (Å²) < 4.78 is 31.7. The van der Waals surface area contributed by atoms with Crippen LogP contribution in [0.25, 0.3) is 22.5 Å². The van der Waals surface area contributed by atoms with E-state index in [0.717, 1.165) is 53.6 Å². The number of benzene rings is 3. The zero-order chi connectivity index (χ0) is 43.1. The number of aromatic nitrogens is 4. The summed E-state index contributed by atoms with van der Waals surface area (Å²) in [6.45, 7) is 3.86. The van der Waals surface area contributed by atoms with Crippen LogP contribution in [0.15, 0.2) is 66.7 Å². The van der Waals surface area contributed by atoms with E-state index in [2.05, 4.69) is 46.8 Å². The second-order valence-corrected chi connectivity index (χ2v) is 14.4. The van der Waals surface area contributed by atoms with Gasteiger partial charge in [-0.1, -0.05) is 30.3 Å². The van der Waals surface area contributed by atoms with Crippen molar-refractivity contribution < 1.29 is 47.4 Å². The van der Waals surface area contributed by atoms with Crippen molar-refractivity contribution in [3.8, 4) is 22.5 Å². The molecule has 59 heavy (non-hydrogen) atoms. The van der Waals surface area contributed by atoms with Crippen molar-refractivity contribution in [3.63, 3.8) is 0 Å². The number of carbonyl (C=O) groups excluding carboxylic acids is 3. The Morgan fingerprint density at radius 3 is 2.10 bits per heavy atom. The molecule has 19 heteroatoms. The number of carboxylic acid groups (broad SMARTS) is 2. The number of nitrogens with one attached hydrogen (secondary N) is 5. The summed E-state index contributed by atoms with van der Waals surface area (Å²) in [4.78, 5) is 61.8. The summed E-state index contributed by atoms with van der Waals surface area (Å²) in [5.41, 5.74) is 5.71. The van der Waals surface area contributed by atoms with Gasteiger partial charge in [0.25, 0.3) is 5.91 Å². The van der Waals surface area contributed by atoms with Crippen molar-refractivity contribution in [1.29, 1.82) is 0 Å².